The molecule has 0 aliphatic heterocycles. The second-order valence-corrected chi connectivity index (χ2v) is 3.93. The molecule has 0 atom stereocenters. The smallest absolute Gasteiger partial charge is 0.338 e. The van der Waals surface area contributed by atoms with Crippen LogP contribution in [0.15, 0.2) is 18.2 Å². The number of carbonyl (C=O) groups is 2. The first-order chi connectivity index (χ1) is 9.04. The Morgan fingerprint density at radius 3 is 2.63 bits per heavy atom. The van der Waals surface area contributed by atoms with Gasteiger partial charge in [0.15, 0.2) is 0 Å². The fraction of sp³-hybridized carbons (Fsp3) is 0.385. The van der Waals surface area contributed by atoms with Gasteiger partial charge in [0.1, 0.15) is 0 Å². The van der Waals surface area contributed by atoms with E-state index in [1.807, 2.05) is 0 Å². The van der Waals surface area contributed by atoms with Gasteiger partial charge in [0.25, 0.3) is 0 Å². The second-order valence-electron chi connectivity index (χ2n) is 3.93. The Balaban J connectivity index is 2.57. The van der Waals surface area contributed by atoms with Crippen LogP contribution in [0.4, 0.5) is 11.4 Å². The third-order valence-corrected chi connectivity index (χ3v) is 2.38. The highest BCUT2D eigenvalue weighted by Gasteiger charge is 2.08. The zero-order valence-corrected chi connectivity index (χ0v) is 11.2. The van der Waals surface area contributed by atoms with E-state index in [0.717, 1.165) is 5.69 Å². The van der Waals surface area contributed by atoms with Crippen LogP contribution in [0.1, 0.15) is 24.2 Å². The van der Waals surface area contributed by atoms with Gasteiger partial charge in [-0.25, -0.2) is 4.79 Å². The molecule has 1 rings (SSSR count). The second kappa shape index (κ2) is 7.25. The highest BCUT2D eigenvalue weighted by atomic mass is 16.5. The minimum absolute atomic E-state index is 0.0765. The number of nitrogens with two attached hydrogens (primary N) is 1. The van der Waals surface area contributed by atoms with Gasteiger partial charge in [-0.05, 0) is 25.1 Å². The molecule has 0 saturated carbocycles. The molecule has 1 aromatic rings. The molecule has 6 nitrogen and oxygen atoms in total. The van der Waals surface area contributed by atoms with Crippen molar-refractivity contribution >= 4 is 23.3 Å². The Hall–Kier alpha value is -2.24. The third-order valence-electron chi connectivity index (χ3n) is 2.38. The van der Waals surface area contributed by atoms with E-state index in [9.17, 15) is 9.59 Å². The monoisotopic (exact) mass is 265 g/mol. The average Bonchev–Trinajstić information content (AvgIpc) is 2.36. The van der Waals surface area contributed by atoms with Crippen LogP contribution in [-0.4, -0.2) is 31.6 Å². The lowest BCUT2D eigenvalue weighted by Gasteiger charge is -2.10. The van der Waals surface area contributed by atoms with Crippen molar-refractivity contribution in [2.24, 2.45) is 0 Å². The lowest BCUT2D eigenvalue weighted by atomic mass is 10.1. The topological polar surface area (TPSA) is 93.5 Å². The van der Waals surface area contributed by atoms with Gasteiger partial charge in [-0.15, -0.1) is 0 Å². The molecule has 0 radical (unpaired) electrons. The van der Waals surface area contributed by atoms with Crippen LogP contribution < -0.4 is 16.4 Å². The van der Waals surface area contributed by atoms with Crippen LogP contribution in [0.3, 0.4) is 0 Å². The summed E-state index contributed by atoms with van der Waals surface area (Å²) in [7, 11) is 0. The fourth-order valence-corrected chi connectivity index (χ4v) is 1.50. The van der Waals surface area contributed by atoms with Gasteiger partial charge in [-0.2, -0.15) is 0 Å². The summed E-state index contributed by atoms with van der Waals surface area (Å²) in [4.78, 5) is 22.2. The molecule has 1 aromatic carbocycles. The summed E-state index contributed by atoms with van der Waals surface area (Å²) in [6.45, 7) is 4.61. The molecular weight excluding hydrogens is 246 g/mol. The van der Waals surface area contributed by atoms with Crippen LogP contribution in [0.2, 0.25) is 0 Å². The SMILES string of the molecule is CCOC(=O)c1ccc(NCCNC(C)=O)c(N)c1. The Kier molecular flexibility index (Phi) is 5.66. The summed E-state index contributed by atoms with van der Waals surface area (Å²) in [5.41, 5.74) is 7.45. The molecule has 1 amide bonds. The van der Waals surface area contributed by atoms with Crippen molar-refractivity contribution in [3.8, 4) is 0 Å². The quantitative estimate of drug-likeness (QED) is 0.405. The molecule has 0 aliphatic carbocycles. The van der Waals surface area contributed by atoms with Gasteiger partial charge in [0, 0.05) is 20.0 Å². The van der Waals surface area contributed by atoms with Crippen molar-refractivity contribution in [3.63, 3.8) is 0 Å². The van der Waals surface area contributed by atoms with Crippen LogP contribution in [0.25, 0.3) is 0 Å². The first kappa shape index (κ1) is 14.8. The van der Waals surface area contributed by atoms with Crippen molar-refractivity contribution in [2.45, 2.75) is 13.8 Å². The summed E-state index contributed by atoms with van der Waals surface area (Å²) in [6, 6.07) is 4.93. The van der Waals surface area contributed by atoms with Crippen molar-refractivity contribution < 1.29 is 14.3 Å². The molecule has 0 bridgehead atoms. The third kappa shape index (κ3) is 4.87. The van der Waals surface area contributed by atoms with E-state index in [1.165, 1.54) is 6.92 Å². The molecule has 19 heavy (non-hydrogen) atoms. The highest BCUT2D eigenvalue weighted by molar-refractivity contribution is 5.91. The largest absolute Gasteiger partial charge is 0.462 e. The van der Waals surface area contributed by atoms with E-state index >= 15 is 0 Å². The molecule has 6 heteroatoms. The van der Waals surface area contributed by atoms with Crippen molar-refractivity contribution in [1.82, 2.24) is 5.32 Å². The van der Waals surface area contributed by atoms with E-state index in [1.54, 1.807) is 25.1 Å². The predicted molar refractivity (Wildman–Crippen MR) is 74.0 cm³/mol. The summed E-state index contributed by atoms with van der Waals surface area (Å²) < 4.78 is 4.89. The molecule has 0 unspecified atom stereocenters. The number of rotatable bonds is 6. The molecule has 0 aromatic heterocycles. The van der Waals surface area contributed by atoms with Crippen LogP contribution in [0.5, 0.6) is 0 Å². The van der Waals surface area contributed by atoms with Gasteiger partial charge in [0.2, 0.25) is 5.91 Å². The molecule has 0 saturated heterocycles. The van der Waals surface area contributed by atoms with Gasteiger partial charge in [-0.3, -0.25) is 4.79 Å². The van der Waals surface area contributed by atoms with E-state index in [2.05, 4.69) is 10.6 Å². The number of nitrogen functional groups attached to an aromatic ring is 1. The summed E-state index contributed by atoms with van der Waals surface area (Å²) in [5.74, 6) is -0.466. The number of anilines is 2. The molecule has 0 aliphatic rings. The zero-order chi connectivity index (χ0) is 14.3. The average molecular weight is 265 g/mol. The van der Waals surface area contributed by atoms with Crippen LogP contribution in [-0.2, 0) is 9.53 Å². The Morgan fingerprint density at radius 1 is 1.32 bits per heavy atom. The number of hydrogen-bond donors (Lipinski definition) is 3. The van der Waals surface area contributed by atoms with Crippen LogP contribution >= 0.6 is 0 Å². The highest BCUT2D eigenvalue weighted by Crippen LogP contribution is 2.20. The maximum atomic E-state index is 11.5. The van der Waals surface area contributed by atoms with Gasteiger partial charge in [0.05, 0.1) is 23.5 Å². The molecule has 104 valence electrons. The number of benzene rings is 1. The first-order valence-electron chi connectivity index (χ1n) is 6.09. The maximum absolute atomic E-state index is 11.5. The molecule has 0 heterocycles. The van der Waals surface area contributed by atoms with Gasteiger partial charge in [-0.1, -0.05) is 0 Å². The predicted octanol–water partition coefficient (Wildman–Crippen LogP) is 0.994. The van der Waals surface area contributed by atoms with E-state index < -0.39 is 0 Å². The minimum Gasteiger partial charge on any atom is -0.462 e. The molecule has 0 spiro atoms. The normalized spacial score (nSPS) is 9.79. The lowest BCUT2D eigenvalue weighted by Crippen LogP contribution is -2.26. The minimum atomic E-state index is -0.390. The Labute approximate surface area is 112 Å². The standard InChI is InChI=1S/C13H19N3O3/c1-3-19-13(18)10-4-5-12(11(14)8-10)16-7-6-15-9(2)17/h4-5,8,16H,3,6-7,14H2,1-2H3,(H,15,17). The first-order valence-corrected chi connectivity index (χ1v) is 6.09. The number of carbonyl (C=O) groups excluding carboxylic acids is 2. The number of amides is 1. The van der Waals surface area contributed by atoms with Crippen molar-refractivity contribution in [3.05, 3.63) is 23.8 Å². The van der Waals surface area contributed by atoms with Crippen molar-refractivity contribution in [2.75, 3.05) is 30.7 Å². The molecule has 4 N–H and O–H groups in total. The summed E-state index contributed by atoms with van der Waals surface area (Å²) >= 11 is 0. The van der Waals surface area contributed by atoms with Gasteiger partial charge < -0.3 is 21.1 Å². The Bertz CT molecular complexity index is 460. The van der Waals surface area contributed by atoms with Gasteiger partial charge >= 0.3 is 5.97 Å². The molecule has 0 fully saturated rings. The molecular formula is C13H19N3O3. The van der Waals surface area contributed by atoms with E-state index in [-0.39, 0.29) is 11.9 Å². The number of esters is 1. The van der Waals surface area contributed by atoms with E-state index in [0.29, 0.717) is 30.9 Å². The summed E-state index contributed by atoms with van der Waals surface area (Å²) in [6.07, 6.45) is 0. The van der Waals surface area contributed by atoms with Crippen molar-refractivity contribution in [1.29, 1.82) is 0 Å². The Morgan fingerprint density at radius 2 is 2.05 bits per heavy atom. The number of nitrogens with one attached hydrogen (secondary N) is 2. The van der Waals surface area contributed by atoms with E-state index in [4.69, 9.17) is 10.5 Å². The lowest BCUT2D eigenvalue weighted by molar-refractivity contribution is -0.118. The number of ether oxygens (including phenoxy) is 1. The number of hydrogen-bond acceptors (Lipinski definition) is 5. The fourth-order valence-electron chi connectivity index (χ4n) is 1.50. The zero-order valence-electron chi connectivity index (χ0n) is 11.2. The maximum Gasteiger partial charge on any atom is 0.338 e. The summed E-state index contributed by atoms with van der Waals surface area (Å²) in [5, 5.41) is 5.74. The van der Waals surface area contributed by atoms with Crippen LogP contribution in [0, 0.1) is 0 Å².